The molecule has 0 radical (unpaired) electrons. The number of nitro benzene ring substituents is 1. The summed E-state index contributed by atoms with van der Waals surface area (Å²) >= 11 is 6.30. The van der Waals surface area contributed by atoms with Gasteiger partial charge in [-0.25, -0.2) is 4.79 Å². The second-order valence-electron chi connectivity index (χ2n) is 6.58. The number of nitro groups is 1. The number of carbonyl (C=O) groups is 1. The van der Waals surface area contributed by atoms with Gasteiger partial charge in [0, 0.05) is 37.0 Å². The fraction of sp³-hybridized carbons (Fsp3) is 0.316. The van der Waals surface area contributed by atoms with E-state index in [9.17, 15) is 14.9 Å². The van der Waals surface area contributed by atoms with Crippen molar-refractivity contribution in [2.24, 2.45) is 0 Å². The first kappa shape index (κ1) is 19.0. The molecule has 2 aromatic carbocycles. The number of carbonyl (C=O) groups excluding carboxylic acids is 1. The number of non-ortho nitro benzene ring substituents is 1. The minimum absolute atomic E-state index is 0.00427. The van der Waals surface area contributed by atoms with Crippen LogP contribution >= 0.6 is 11.6 Å². The molecule has 0 aliphatic carbocycles. The van der Waals surface area contributed by atoms with Crippen molar-refractivity contribution in [3.63, 3.8) is 0 Å². The summed E-state index contributed by atoms with van der Waals surface area (Å²) in [6, 6.07) is 12.1. The minimum atomic E-state index is -0.440. The van der Waals surface area contributed by atoms with Gasteiger partial charge in [0.15, 0.2) is 0 Å². The molecule has 8 heteroatoms. The fourth-order valence-corrected chi connectivity index (χ4v) is 3.73. The Morgan fingerprint density at radius 1 is 1.22 bits per heavy atom. The molecular formula is C19H21ClN4O3. The van der Waals surface area contributed by atoms with Crippen molar-refractivity contribution in [3.8, 4) is 0 Å². The Morgan fingerprint density at radius 2 is 1.89 bits per heavy atom. The number of para-hydroxylation sites is 1. The molecule has 0 bridgehead atoms. The van der Waals surface area contributed by atoms with Crippen LogP contribution in [-0.4, -0.2) is 30.1 Å². The smallest absolute Gasteiger partial charge is 0.319 e. The lowest BCUT2D eigenvalue weighted by molar-refractivity contribution is -0.384. The highest BCUT2D eigenvalue weighted by atomic mass is 35.5. The van der Waals surface area contributed by atoms with E-state index in [2.05, 4.69) is 15.5 Å². The summed E-state index contributed by atoms with van der Waals surface area (Å²) in [7, 11) is 0. The Labute approximate surface area is 162 Å². The van der Waals surface area contributed by atoms with Crippen LogP contribution in [0.5, 0.6) is 0 Å². The number of urea groups is 1. The molecule has 27 heavy (non-hydrogen) atoms. The van der Waals surface area contributed by atoms with E-state index in [1.165, 1.54) is 6.07 Å². The van der Waals surface area contributed by atoms with Gasteiger partial charge < -0.3 is 15.5 Å². The first-order valence-corrected chi connectivity index (χ1v) is 9.14. The first-order chi connectivity index (χ1) is 12.9. The summed E-state index contributed by atoms with van der Waals surface area (Å²) in [5.74, 6) is 0. The second-order valence-corrected chi connectivity index (χ2v) is 6.98. The molecule has 7 nitrogen and oxygen atoms in total. The van der Waals surface area contributed by atoms with Crippen LogP contribution in [-0.2, 0) is 0 Å². The molecule has 1 aliphatic rings. The number of nitrogens with one attached hydrogen (secondary N) is 2. The van der Waals surface area contributed by atoms with Crippen LogP contribution in [0.4, 0.5) is 21.9 Å². The molecule has 2 N–H and O–H groups in total. The zero-order chi connectivity index (χ0) is 19.4. The van der Waals surface area contributed by atoms with Gasteiger partial charge in [0.2, 0.25) is 0 Å². The number of benzene rings is 2. The maximum absolute atomic E-state index is 12.1. The van der Waals surface area contributed by atoms with Gasteiger partial charge in [-0.3, -0.25) is 10.1 Å². The number of anilines is 2. The quantitative estimate of drug-likeness (QED) is 0.602. The molecule has 0 unspecified atom stereocenters. The van der Waals surface area contributed by atoms with E-state index in [4.69, 9.17) is 11.6 Å². The van der Waals surface area contributed by atoms with E-state index in [-0.39, 0.29) is 17.8 Å². The maximum Gasteiger partial charge on any atom is 0.319 e. The number of aryl methyl sites for hydroxylation is 1. The first-order valence-electron chi connectivity index (χ1n) is 8.76. The highest BCUT2D eigenvalue weighted by molar-refractivity contribution is 6.33. The van der Waals surface area contributed by atoms with E-state index in [0.29, 0.717) is 18.1 Å². The highest BCUT2D eigenvalue weighted by Crippen LogP contribution is 2.35. The summed E-state index contributed by atoms with van der Waals surface area (Å²) < 4.78 is 0. The number of nitrogens with zero attached hydrogens (tertiary/aromatic N) is 2. The summed E-state index contributed by atoms with van der Waals surface area (Å²) in [5.41, 5.74) is 2.35. The van der Waals surface area contributed by atoms with Crippen LogP contribution in [0.1, 0.15) is 18.4 Å². The highest BCUT2D eigenvalue weighted by Gasteiger charge is 2.24. The van der Waals surface area contributed by atoms with Crippen molar-refractivity contribution in [3.05, 3.63) is 63.2 Å². The number of hydrogen-bond acceptors (Lipinski definition) is 4. The lowest BCUT2D eigenvalue weighted by atomic mass is 10.0. The molecule has 142 valence electrons. The van der Waals surface area contributed by atoms with Gasteiger partial charge in [0.05, 0.1) is 15.6 Å². The van der Waals surface area contributed by atoms with Crippen LogP contribution in [0.2, 0.25) is 5.02 Å². The van der Waals surface area contributed by atoms with Gasteiger partial charge in [0.25, 0.3) is 5.69 Å². The van der Waals surface area contributed by atoms with Crippen molar-refractivity contribution >= 4 is 34.7 Å². The number of piperidine rings is 1. The molecule has 1 saturated heterocycles. The van der Waals surface area contributed by atoms with Crippen LogP contribution in [0.3, 0.4) is 0 Å². The zero-order valence-corrected chi connectivity index (χ0v) is 15.7. The van der Waals surface area contributed by atoms with Gasteiger partial charge >= 0.3 is 6.03 Å². The topological polar surface area (TPSA) is 87.5 Å². The fourth-order valence-electron chi connectivity index (χ4n) is 3.35. The average Bonchev–Trinajstić information content (AvgIpc) is 2.63. The number of halogens is 1. The SMILES string of the molecule is Cc1cc([N+](=O)[O-])cc(Cl)c1N1CCC(NC(=O)Nc2ccccc2)CC1. The standard InChI is InChI=1S/C19H21ClN4O3/c1-13-11-16(24(26)27)12-17(20)18(13)23-9-7-15(8-10-23)22-19(25)21-14-5-3-2-4-6-14/h2-6,11-12,15H,7-10H2,1H3,(H2,21,22,25). The Kier molecular flexibility index (Phi) is 5.81. The van der Waals surface area contributed by atoms with Crippen molar-refractivity contribution in [2.75, 3.05) is 23.3 Å². The van der Waals surface area contributed by atoms with E-state index in [1.807, 2.05) is 37.3 Å². The summed E-state index contributed by atoms with van der Waals surface area (Å²) in [6.07, 6.45) is 1.55. The number of amides is 2. The predicted molar refractivity (Wildman–Crippen MR) is 107 cm³/mol. The van der Waals surface area contributed by atoms with Crippen LogP contribution < -0.4 is 15.5 Å². The third-order valence-electron chi connectivity index (χ3n) is 4.63. The molecule has 1 heterocycles. The molecule has 0 atom stereocenters. The summed E-state index contributed by atoms with van der Waals surface area (Å²) in [5, 5.41) is 17.2. The van der Waals surface area contributed by atoms with Crippen LogP contribution in [0.15, 0.2) is 42.5 Å². The average molecular weight is 389 g/mol. The third kappa shape index (κ3) is 4.68. The monoisotopic (exact) mass is 388 g/mol. The van der Waals surface area contributed by atoms with Gasteiger partial charge in [-0.2, -0.15) is 0 Å². The molecule has 3 rings (SSSR count). The van der Waals surface area contributed by atoms with Gasteiger partial charge in [-0.1, -0.05) is 29.8 Å². The maximum atomic E-state index is 12.1. The normalized spacial score (nSPS) is 14.7. The minimum Gasteiger partial charge on any atom is -0.370 e. The lowest BCUT2D eigenvalue weighted by Crippen LogP contribution is -2.46. The lowest BCUT2D eigenvalue weighted by Gasteiger charge is -2.35. The zero-order valence-electron chi connectivity index (χ0n) is 14.9. The largest absolute Gasteiger partial charge is 0.370 e. The second kappa shape index (κ2) is 8.26. The molecular weight excluding hydrogens is 368 g/mol. The van der Waals surface area contributed by atoms with Gasteiger partial charge in [0.1, 0.15) is 0 Å². The molecule has 0 aromatic heterocycles. The van der Waals surface area contributed by atoms with E-state index in [1.54, 1.807) is 6.07 Å². The van der Waals surface area contributed by atoms with Crippen molar-refractivity contribution in [1.82, 2.24) is 5.32 Å². The number of rotatable bonds is 4. The van der Waals surface area contributed by atoms with Crippen molar-refractivity contribution < 1.29 is 9.72 Å². The predicted octanol–water partition coefficient (Wildman–Crippen LogP) is 4.35. The Morgan fingerprint density at radius 3 is 2.48 bits per heavy atom. The Balaban J connectivity index is 1.57. The molecule has 0 spiro atoms. The molecule has 1 fully saturated rings. The molecule has 1 aliphatic heterocycles. The van der Waals surface area contributed by atoms with Crippen LogP contribution in [0, 0.1) is 17.0 Å². The summed E-state index contributed by atoms with van der Waals surface area (Å²) in [4.78, 5) is 24.8. The summed E-state index contributed by atoms with van der Waals surface area (Å²) in [6.45, 7) is 3.26. The number of hydrogen-bond donors (Lipinski definition) is 2. The Hall–Kier alpha value is -2.80. The molecule has 2 aromatic rings. The van der Waals surface area contributed by atoms with E-state index in [0.717, 1.165) is 29.8 Å². The van der Waals surface area contributed by atoms with E-state index >= 15 is 0 Å². The van der Waals surface area contributed by atoms with Gasteiger partial charge in [-0.15, -0.1) is 0 Å². The molecule has 2 amide bonds. The van der Waals surface area contributed by atoms with Crippen molar-refractivity contribution in [2.45, 2.75) is 25.8 Å². The van der Waals surface area contributed by atoms with Crippen LogP contribution in [0.25, 0.3) is 0 Å². The van der Waals surface area contributed by atoms with E-state index < -0.39 is 4.92 Å². The third-order valence-corrected chi connectivity index (χ3v) is 4.92. The Bertz CT molecular complexity index is 813. The van der Waals surface area contributed by atoms with Gasteiger partial charge in [-0.05, 0) is 37.5 Å². The molecule has 0 saturated carbocycles. The van der Waals surface area contributed by atoms with Crippen molar-refractivity contribution in [1.29, 1.82) is 0 Å².